The van der Waals surface area contributed by atoms with Crippen LogP contribution in [0, 0.1) is 5.92 Å². The minimum absolute atomic E-state index is 0.0398. The van der Waals surface area contributed by atoms with Crippen molar-refractivity contribution in [1.82, 2.24) is 0 Å². The lowest BCUT2D eigenvalue weighted by Crippen LogP contribution is -2.67. The Morgan fingerprint density at radius 2 is 2.00 bits per heavy atom. The first-order valence-corrected chi connectivity index (χ1v) is 4.44. The van der Waals surface area contributed by atoms with E-state index in [0.29, 0.717) is 0 Å². The summed E-state index contributed by atoms with van der Waals surface area (Å²) < 4.78 is 0. The quantitative estimate of drug-likeness (QED) is 0.325. The van der Waals surface area contributed by atoms with Crippen LogP contribution in [-0.4, -0.2) is 49.7 Å². The zero-order valence-corrected chi connectivity index (χ0v) is 7.42. The summed E-state index contributed by atoms with van der Waals surface area (Å²) in [5, 5.41) is 37.7. The molecule has 0 amide bonds. The largest absolute Gasteiger partial charge is 0.480 e. The molecular weight excluding hydrogens is 190 g/mol. The van der Waals surface area contributed by atoms with Gasteiger partial charge in [-0.15, -0.1) is 0 Å². The van der Waals surface area contributed by atoms with Crippen LogP contribution in [0.2, 0.25) is 0 Å². The Labute approximate surface area is 80.0 Å². The second kappa shape index (κ2) is 2.46. The predicted octanol–water partition coefficient (Wildman–Crippen LogP) is -2.35. The summed E-state index contributed by atoms with van der Waals surface area (Å²) >= 11 is 0. The van der Waals surface area contributed by atoms with Crippen LogP contribution < -0.4 is 5.73 Å². The van der Waals surface area contributed by atoms with Gasteiger partial charge in [0.15, 0.2) is 0 Å². The van der Waals surface area contributed by atoms with Gasteiger partial charge in [-0.05, 0) is 18.8 Å². The fourth-order valence-corrected chi connectivity index (χ4v) is 2.67. The second-order valence-corrected chi connectivity index (χ2v) is 4.28. The van der Waals surface area contributed by atoms with E-state index in [-0.39, 0.29) is 12.8 Å². The van der Waals surface area contributed by atoms with Crippen molar-refractivity contribution in [3.8, 4) is 0 Å². The summed E-state index contributed by atoms with van der Waals surface area (Å²) in [5.41, 5.74) is 1.98. The summed E-state index contributed by atoms with van der Waals surface area (Å²) in [5.74, 6) is -1.91. The molecule has 0 radical (unpaired) electrons. The van der Waals surface area contributed by atoms with Crippen molar-refractivity contribution in [1.29, 1.82) is 0 Å². The van der Waals surface area contributed by atoms with Gasteiger partial charge in [-0.1, -0.05) is 0 Å². The molecule has 6 N–H and O–H groups in total. The highest BCUT2D eigenvalue weighted by atomic mass is 16.4. The van der Waals surface area contributed by atoms with E-state index in [1.807, 2.05) is 0 Å². The molecule has 2 aliphatic carbocycles. The molecule has 0 aliphatic heterocycles. The zero-order chi connectivity index (χ0) is 10.7. The molecule has 0 aromatic heterocycles. The number of carboxylic acids is 1. The smallest absolute Gasteiger partial charge is 0.326 e. The van der Waals surface area contributed by atoms with E-state index in [0.717, 1.165) is 0 Å². The highest BCUT2D eigenvalue weighted by molar-refractivity contribution is 5.81. The highest BCUT2D eigenvalue weighted by Crippen LogP contribution is 2.52. The molecule has 0 heterocycles. The molecule has 6 heteroatoms. The molecule has 80 valence electrons. The molecule has 2 rings (SSSR count). The average Bonchev–Trinajstić information content (AvgIpc) is 2.48. The number of hydrogen-bond donors (Lipinski definition) is 5. The van der Waals surface area contributed by atoms with Gasteiger partial charge in [0.05, 0.1) is 6.10 Å². The number of nitrogens with two attached hydrogens (primary N) is 1. The Morgan fingerprint density at radius 3 is 2.36 bits per heavy atom. The van der Waals surface area contributed by atoms with Gasteiger partial charge in [0.1, 0.15) is 17.2 Å². The fraction of sp³-hybridized carbons (Fsp3) is 0.875. The van der Waals surface area contributed by atoms with Crippen molar-refractivity contribution in [3.63, 3.8) is 0 Å². The molecule has 2 bridgehead atoms. The van der Waals surface area contributed by atoms with Gasteiger partial charge < -0.3 is 26.2 Å². The first-order chi connectivity index (χ1) is 6.33. The average molecular weight is 203 g/mol. The summed E-state index contributed by atoms with van der Waals surface area (Å²) in [7, 11) is 0. The number of aliphatic carboxylic acids is 1. The molecule has 0 aromatic carbocycles. The Kier molecular flexibility index (Phi) is 1.73. The van der Waals surface area contributed by atoms with E-state index in [1.54, 1.807) is 0 Å². The second-order valence-electron chi connectivity index (χ2n) is 4.28. The maximum atomic E-state index is 10.9. The maximum Gasteiger partial charge on any atom is 0.326 e. The Hall–Kier alpha value is -0.690. The zero-order valence-electron chi connectivity index (χ0n) is 7.42. The Balaban J connectivity index is 2.41. The van der Waals surface area contributed by atoms with Gasteiger partial charge in [-0.2, -0.15) is 0 Å². The van der Waals surface area contributed by atoms with E-state index in [2.05, 4.69) is 0 Å². The van der Waals surface area contributed by atoms with Gasteiger partial charge in [-0.3, -0.25) is 4.79 Å². The highest BCUT2D eigenvalue weighted by Gasteiger charge is 2.71. The number of aliphatic hydroxyl groups excluding tert-OH is 2. The van der Waals surface area contributed by atoms with Crippen molar-refractivity contribution in [2.75, 3.05) is 0 Å². The monoisotopic (exact) mass is 203 g/mol. The Bertz CT molecular complexity index is 295. The maximum absolute atomic E-state index is 10.9. The fourth-order valence-electron chi connectivity index (χ4n) is 2.67. The van der Waals surface area contributed by atoms with E-state index >= 15 is 0 Å². The third-order valence-corrected chi connectivity index (χ3v) is 3.63. The van der Waals surface area contributed by atoms with Gasteiger partial charge in [0.2, 0.25) is 0 Å². The van der Waals surface area contributed by atoms with Crippen molar-refractivity contribution < 1.29 is 25.2 Å². The summed E-state index contributed by atoms with van der Waals surface area (Å²) in [6, 6.07) is 0. The third-order valence-electron chi connectivity index (χ3n) is 3.63. The lowest BCUT2D eigenvalue weighted by atomic mass is 9.77. The number of hydrogen-bond acceptors (Lipinski definition) is 5. The summed E-state index contributed by atoms with van der Waals surface area (Å²) in [6.07, 6.45) is -2.53. The summed E-state index contributed by atoms with van der Waals surface area (Å²) in [6.45, 7) is 0. The number of carbonyl (C=O) groups is 1. The standard InChI is InChI=1S/C8H13NO5/c9-8(6(12)13)3-1-4(10)7(14,2-3)5(8)11/h3-5,10-11,14H,1-2,9H2,(H,12,13)/t3-,4-,5+,7-,8-/m0/s1. The molecule has 0 spiro atoms. The molecule has 0 saturated heterocycles. The van der Waals surface area contributed by atoms with Crippen LogP contribution in [0.15, 0.2) is 0 Å². The number of carboxylic acid groups (broad SMARTS) is 1. The van der Waals surface area contributed by atoms with Gasteiger partial charge in [-0.25, -0.2) is 0 Å². The molecule has 0 unspecified atom stereocenters. The lowest BCUT2D eigenvalue weighted by Gasteiger charge is -2.39. The van der Waals surface area contributed by atoms with Crippen LogP contribution >= 0.6 is 0 Å². The molecule has 6 nitrogen and oxygen atoms in total. The van der Waals surface area contributed by atoms with Crippen LogP contribution in [0.5, 0.6) is 0 Å². The minimum Gasteiger partial charge on any atom is -0.480 e. The van der Waals surface area contributed by atoms with Crippen LogP contribution in [0.1, 0.15) is 12.8 Å². The first-order valence-electron chi connectivity index (χ1n) is 4.44. The molecule has 0 aromatic rings. The normalized spacial score (nSPS) is 56.4. The van der Waals surface area contributed by atoms with Crippen molar-refractivity contribution >= 4 is 5.97 Å². The van der Waals surface area contributed by atoms with Gasteiger partial charge >= 0.3 is 5.97 Å². The molecule has 2 fully saturated rings. The van der Waals surface area contributed by atoms with Crippen molar-refractivity contribution in [2.45, 2.75) is 36.2 Å². The van der Waals surface area contributed by atoms with Gasteiger partial charge in [0, 0.05) is 0 Å². The van der Waals surface area contributed by atoms with Crippen molar-refractivity contribution in [3.05, 3.63) is 0 Å². The first kappa shape index (κ1) is 9.85. The topological polar surface area (TPSA) is 124 Å². The number of fused-ring (bicyclic) bond motifs is 2. The molecule has 2 aliphatic rings. The van der Waals surface area contributed by atoms with E-state index in [4.69, 9.17) is 10.8 Å². The van der Waals surface area contributed by atoms with Crippen molar-refractivity contribution in [2.24, 2.45) is 11.7 Å². The predicted molar refractivity (Wildman–Crippen MR) is 44.2 cm³/mol. The van der Waals surface area contributed by atoms with Crippen LogP contribution in [0.3, 0.4) is 0 Å². The van der Waals surface area contributed by atoms with E-state index in [9.17, 15) is 20.1 Å². The SMILES string of the molecule is N[C@@]1(C(=O)O)[C@H]2C[C@H](O)[C@@](O)(C2)[C@H]1O. The molecular formula is C8H13NO5. The van der Waals surface area contributed by atoms with Gasteiger partial charge in [0.25, 0.3) is 0 Å². The van der Waals surface area contributed by atoms with Crippen LogP contribution in [-0.2, 0) is 4.79 Å². The van der Waals surface area contributed by atoms with Crippen LogP contribution in [0.4, 0.5) is 0 Å². The summed E-state index contributed by atoms with van der Waals surface area (Å²) in [4.78, 5) is 10.9. The molecule has 14 heavy (non-hydrogen) atoms. The van der Waals surface area contributed by atoms with E-state index < -0.39 is 35.2 Å². The number of aliphatic hydroxyl groups is 3. The Morgan fingerprint density at radius 1 is 1.43 bits per heavy atom. The molecule has 2 saturated carbocycles. The number of rotatable bonds is 1. The van der Waals surface area contributed by atoms with Crippen LogP contribution in [0.25, 0.3) is 0 Å². The molecule has 5 atom stereocenters. The third kappa shape index (κ3) is 0.819. The van der Waals surface area contributed by atoms with E-state index in [1.165, 1.54) is 0 Å². The lowest BCUT2D eigenvalue weighted by molar-refractivity contribution is -0.171. The minimum atomic E-state index is -1.83.